The number of thiophene rings is 1. The van der Waals surface area contributed by atoms with Crippen molar-refractivity contribution in [2.45, 2.75) is 89.3 Å². The highest BCUT2D eigenvalue weighted by Crippen LogP contribution is 2.37. The summed E-state index contributed by atoms with van der Waals surface area (Å²) in [5.74, 6) is 0.845. The van der Waals surface area contributed by atoms with Gasteiger partial charge in [-0.25, -0.2) is 0 Å². The van der Waals surface area contributed by atoms with Gasteiger partial charge in [-0.3, -0.25) is 14.5 Å². The Bertz CT molecular complexity index is 1030. The summed E-state index contributed by atoms with van der Waals surface area (Å²) in [5.41, 5.74) is 1.86. The van der Waals surface area contributed by atoms with Gasteiger partial charge in [0.15, 0.2) is 0 Å². The van der Waals surface area contributed by atoms with E-state index < -0.39 is 5.54 Å². The van der Waals surface area contributed by atoms with Crippen molar-refractivity contribution in [3.63, 3.8) is 0 Å². The minimum atomic E-state index is -0.670. The van der Waals surface area contributed by atoms with Gasteiger partial charge in [-0.15, -0.1) is 23.7 Å². The second-order valence-electron chi connectivity index (χ2n) is 11.1. The maximum Gasteiger partial charge on any atom is 0.246 e. The van der Waals surface area contributed by atoms with Crippen LogP contribution in [0.1, 0.15) is 76.0 Å². The van der Waals surface area contributed by atoms with Crippen LogP contribution in [-0.4, -0.2) is 52.8 Å². The van der Waals surface area contributed by atoms with Crippen LogP contribution in [0.15, 0.2) is 41.8 Å². The van der Waals surface area contributed by atoms with E-state index in [-0.39, 0.29) is 30.3 Å². The largest absolute Gasteiger partial charge is 0.342 e. The lowest BCUT2D eigenvalue weighted by Crippen LogP contribution is -2.73. The number of piperazine rings is 1. The fourth-order valence-electron chi connectivity index (χ4n) is 6.48. The second kappa shape index (κ2) is 12.8. The molecule has 5 rings (SSSR count). The topological polar surface area (TPSA) is 52.7 Å². The standard InChI is InChI=1S/C30H41N3O2S.ClH/c1-2-3-16-33-28(34)27(19-23-10-6-4-7-11-23)31-29(35)30(33)14-17-32(18-15-30)21-26-20-25(22-36-26)24-12-8-5-9-13-24;/h5,8-9,12-13,20,22-23,27H,2-4,6-7,10-11,14-19,21H2,1H3,(H,31,35);1H/t27-;/m0./s1. The molecule has 1 spiro atoms. The number of hydrogen-bond acceptors (Lipinski definition) is 4. The van der Waals surface area contributed by atoms with E-state index in [9.17, 15) is 9.59 Å². The minimum Gasteiger partial charge on any atom is -0.342 e. The zero-order valence-electron chi connectivity index (χ0n) is 22.1. The first-order valence-corrected chi connectivity index (χ1v) is 14.9. The van der Waals surface area contributed by atoms with Gasteiger partial charge in [-0.2, -0.15) is 0 Å². The average molecular weight is 544 g/mol. The normalized spacial score (nSPS) is 22.6. The van der Waals surface area contributed by atoms with Crippen molar-refractivity contribution in [2.75, 3.05) is 19.6 Å². The van der Waals surface area contributed by atoms with Crippen LogP contribution >= 0.6 is 23.7 Å². The molecule has 0 bridgehead atoms. The highest BCUT2D eigenvalue weighted by atomic mass is 35.5. The van der Waals surface area contributed by atoms with Crippen molar-refractivity contribution in [2.24, 2.45) is 5.92 Å². The number of unbranched alkanes of at least 4 members (excludes halogenated alkanes) is 1. The maximum absolute atomic E-state index is 13.7. The smallest absolute Gasteiger partial charge is 0.246 e. The highest BCUT2D eigenvalue weighted by molar-refractivity contribution is 7.10. The molecule has 5 nitrogen and oxygen atoms in total. The molecule has 3 heterocycles. The number of nitrogens with zero attached hydrogens (tertiary/aromatic N) is 2. The predicted octanol–water partition coefficient (Wildman–Crippen LogP) is 6.27. The van der Waals surface area contributed by atoms with Crippen LogP contribution in [0.3, 0.4) is 0 Å². The lowest BCUT2D eigenvalue weighted by molar-refractivity contribution is -0.162. The Balaban J connectivity index is 0.00000320. The molecule has 2 aromatic rings. The van der Waals surface area contributed by atoms with Crippen LogP contribution in [0.25, 0.3) is 11.1 Å². The second-order valence-corrected chi connectivity index (χ2v) is 12.1. The first kappa shape index (κ1) is 28.1. The van der Waals surface area contributed by atoms with E-state index in [1.54, 1.807) is 0 Å². The summed E-state index contributed by atoms with van der Waals surface area (Å²) in [4.78, 5) is 33.2. The third-order valence-electron chi connectivity index (χ3n) is 8.66. The highest BCUT2D eigenvalue weighted by Gasteiger charge is 2.53. The van der Waals surface area contributed by atoms with E-state index in [2.05, 4.69) is 58.9 Å². The zero-order chi connectivity index (χ0) is 25.0. The molecule has 0 unspecified atom stereocenters. The average Bonchev–Trinajstić information content (AvgIpc) is 3.38. The molecule has 1 aliphatic carbocycles. The molecule has 3 aliphatic rings. The molecule has 37 heavy (non-hydrogen) atoms. The number of nitrogens with one attached hydrogen (secondary N) is 1. The van der Waals surface area contributed by atoms with Crippen molar-refractivity contribution in [3.8, 4) is 11.1 Å². The lowest BCUT2D eigenvalue weighted by Gasteiger charge is -2.52. The first-order valence-electron chi connectivity index (χ1n) is 14.1. The van der Waals surface area contributed by atoms with Gasteiger partial charge in [0, 0.05) is 31.1 Å². The van der Waals surface area contributed by atoms with Gasteiger partial charge >= 0.3 is 0 Å². The van der Waals surface area contributed by atoms with E-state index in [1.807, 2.05) is 16.2 Å². The van der Waals surface area contributed by atoms with E-state index in [4.69, 9.17) is 0 Å². The molecule has 1 atom stereocenters. The van der Waals surface area contributed by atoms with Gasteiger partial charge in [0.25, 0.3) is 0 Å². The fraction of sp³-hybridized carbons (Fsp3) is 0.600. The van der Waals surface area contributed by atoms with E-state index in [0.717, 1.165) is 51.7 Å². The summed E-state index contributed by atoms with van der Waals surface area (Å²) in [6.45, 7) is 5.45. The van der Waals surface area contributed by atoms with Crippen LogP contribution in [-0.2, 0) is 16.1 Å². The van der Waals surface area contributed by atoms with Gasteiger partial charge in [0.1, 0.15) is 11.6 Å². The van der Waals surface area contributed by atoms with E-state index in [0.29, 0.717) is 12.5 Å². The van der Waals surface area contributed by atoms with Crippen LogP contribution in [0.2, 0.25) is 0 Å². The van der Waals surface area contributed by atoms with Crippen LogP contribution in [0.5, 0.6) is 0 Å². The number of likely N-dealkylation sites (tertiary alicyclic amines) is 1. The Morgan fingerprint density at radius 3 is 2.46 bits per heavy atom. The predicted molar refractivity (Wildman–Crippen MR) is 154 cm³/mol. The Hall–Kier alpha value is -1.89. The number of hydrogen-bond donors (Lipinski definition) is 1. The molecule has 1 N–H and O–H groups in total. The van der Waals surface area contributed by atoms with Crippen LogP contribution in [0.4, 0.5) is 0 Å². The van der Waals surface area contributed by atoms with Crippen LogP contribution < -0.4 is 5.32 Å². The summed E-state index contributed by atoms with van der Waals surface area (Å²) in [5, 5.41) is 5.46. The molecule has 3 fully saturated rings. The third kappa shape index (κ3) is 6.23. The van der Waals surface area contributed by atoms with Gasteiger partial charge in [-0.1, -0.05) is 75.8 Å². The fourth-order valence-corrected chi connectivity index (χ4v) is 7.41. The quantitative estimate of drug-likeness (QED) is 0.427. The number of carbonyl (C=O) groups excluding carboxylic acids is 2. The molecule has 1 aromatic heterocycles. The van der Waals surface area contributed by atoms with E-state index in [1.165, 1.54) is 48.1 Å². The van der Waals surface area contributed by atoms with Crippen molar-refractivity contribution in [1.82, 2.24) is 15.1 Å². The number of carbonyl (C=O) groups is 2. The molecule has 2 saturated heterocycles. The van der Waals surface area contributed by atoms with Crippen molar-refractivity contribution in [1.29, 1.82) is 0 Å². The van der Waals surface area contributed by atoms with Crippen molar-refractivity contribution < 1.29 is 9.59 Å². The van der Waals surface area contributed by atoms with E-state index >= 15 is 0 Å². The summed E-state index contributed by atoms with van der Waals surface area (Å²) >= 11 is 1.81. The van der Waals surface area contributed by atoms with Gasteiger partial charge < -0.3 is 10.2 Å². The van der Waals surface area contributed by atoms with Crippen molar-refractivity contribution >= 4 is 35.6 Å². The molecule has 1 saturated carbocycles. The number of benzene rings is 1. The molecule has 2 aliphatic heterocycles. The Labute approximate surface area is 232 Å². The van der Waals surface area contributed by atoms with Crippen molar-refractivity contribution in [3.05, 3.63) is 46.7 Å². The Morgan fingerprint density at radius 1 is 1.03 bits per heavy atom. The number of amides is 2. The van der Waals surface area contributed by atoms with Gasteiger partial charge in [-0.05, 0) is 54.2 Å². The van der Waals surface area contributed by atoms with Gasteiger partial charge in [0.2, 0.25) is 11.8 Å². The molecule has 2 amide bonds. The molecular formula is C30H42ClN3O2S. The Kier molecular flexibility index (Phi) is 9.71. The minimum absolute atomic E-state index is 0. The number of rotatable bonds is 8. The summed E-state index contributed by atoms with van der Waals surface area (Å²) in [6, 6.07) is 12.5. The molecule has 7 heteroatoms. The molecule has 1 aromatic carbocycles. The molecular weight excluding hydrogens is 502 g/mol. The summed E-state index contributed by atoms with van der Waals surface area (Å²) < 4.78 is 0. The van der Waals surface area contributed by atoms with Crippen LogP contribution in [0, 0.1) is 5.92 Å². The lowest BCUT2D eigenvalue weighted by atomic mass is 9.79. The summed E-state index contributed by atoms with van der Waals surface area (Å²) in [7, 11) is 0. The maximum atomic E-state index is 13.7. The van der Waals surface area contributed by atoms with Gasteiger partial charge in [0.05, 0.1) is 0 Å². The number of halogens is 1. The number of piperidine rings is 1. The summed E-state index contributed by atoms with van der Waals surface area (Å²) in [6.07, 6.45) is 10.5. The zero-order valence-corrected chi connectivity index (χ0v) is 23.8. The monoisotopic (exact) mass is 543 g/mol. The Morgan fingerprint density at radius 2 is 1.76 bits per heavy atom. The third-order valence-corrected chi connectivity index (χ3v) is 9.58. The SMILES string of the molecule is CCCCN1C(=O)[C@H](CC2CCCCC2)NC(=O)C12CCN(Cc1cc(-c3ccccc3)cs1)CC2.Cl. The molecule has 0 radical (unpaired) electrons. The molecule has 202 valence electrons. The first-order chi connectivity index (χ1) is 17.6.